The zero-order valence-corrected chi connectivity index (χ0v) is 8.47. The predicted molar refractivity (Wildman–Crippen MR) is 54.5 cm³/mol. The van der Waals surface area contributed by atoms with Crippen LogP contribution in [0.2, 0.25) is 5.02 Å². The molecule has 0 saturated carbocycles. The highest BCUT2D eigenvalue weighted by Crippen LogP contribution is 2.14. The Morgan fingerprint density at radius 3 is 2.64 bits per heavy atom. The van der Waals surface area contributed by atoms with Gasteiger partial charge in [-0.25, -0.2) is 4.79 Å². The van der Waals surface area contributed by atoms with Gasteiger partial charge in [0.2, 0.25) is 0 Å². The quantitative estimate of drug-likeness (QED) is 0.751. The topological polar surface area (TPSA) is 50.4 Å². The monoisotopic (exact) mass is 214 g/mol. The van der Waals surface area contributed by atoms with Gasteiger partial charge in [0.05, 0.1) is 0 Å². The zero-order valence-electron chi connectivity index (χ0n) is 7.71. The molecule has 0 radical (unpaired) electrons. The lowest BCUT2D eigenvalue weighted by molar-refractivity contribution is 0.226. The molecule has 0 unspecified atom stereocenters. The van der Waals surface area contributed by atoms with Crippen LogP contribution in [0, 0.1) is 0 Å². The van der Waals surface area contributed by atoms with Crippen molar-refractivity contribution in [3.63, 3.8) is 0 Å². The van der Waals surface area contributed by atoms with E-state index in [0.29, 0.717) is 10.8 Å². The third kappa shape index (κ3) is 3.53. The van der Waals surface area contributed by atoms with Crippen molar-refractivity contribution in [3.05, 3.63) is 29.3 Å². The minimum atomic E-state index is -0.279. The van der Waals surface area contributed by atoms with E-state index in [1.54, 1.807) is 24.3 Å². The molecule has 0 aromatic heterocycles. The van der Waals surface area contributed by atoms with Crippen molar-refractivity contribution in [1.82, 2.24) is 10.6 Å². The first-order valence-corrected chi connectivity index (χ1v) is 4.44. The van der Waals surface area contributed by atoms with Crippen LogP contribution in [0.15, 0.2) is 24.3 Å². The van der Waals surface area contributed by atoms with Crippen molar-refractivity contribution >= 4 is 17.6 Å². The molecular formula is C9H11ClN2O2. The Hall–Kier alpha value is -1.42. The Labute approximate surface area is 87.2 Å². The number of benzene rings is 1. The summed E-state index contributed by atoms with van der Waals surface area (Å²) in [5.74, 6) is 0.658. The van der Waals surface area contributed by atoms with Gasteiger partial charge in [-0.15, -0.1) is 0 Å². The number of carbonyl (C=O) groups excluding carboxylic acids is 1. The van der Waals surface area contributed by atoms with Crippen molar-refractivity contribution in [1.29, 1.82) is 0 Å². The lowest BCUT2D eigenvalue weighted by Gasteiger charge is -2.06. The highest BCUT2D eigenvalue weighted by molar-refractivity contribution is 6.30. The summed E-state index contributed by atoms with van der Waals surface area (Å²) in [4.78, 5) is 10.7. The summed E-state index contributed by atoms with van der Waals surface area (Å²) in [6.07, 6.45) is 0. The van der Waals surface area contributed by atoms with Gasteiger partial charge in [-0.3, -0.25) is 0 Å². The molecule has 76 valence electrons. The predicted octanol–water partition coefficient (Wildman–Crippen LogP) is 1.61. The van der Waals surface area contributed by atoms with E-state index in [0.717, 1.165) is 0 Å². The van der Waals surface area contributed by atoms with Crippen molar-refractivity contribution in [3.8, 4) is 5.75 Å². The van der Waals surface area contributed by atoms with Crippen molar-refractivity contribution < 1.29 is 9.53 Å². The Bertz CT molecular complexity index is 300. The fourth-order valence-electron chi connectivity index (χ4n) is 0.804. The Balaban J connectivity index is 2.31. The molecule has 0 aliphatic rings. The number of hydrogen-bond acceptors (Lipinski definition) is 2. The molecule has 1 rings (SSSR count). The molecular weight excluding hydrogens is 204 g/mol. The number of carbonyl (C=O) groups is 1. The molecule has 0 atom stereocenters. The van der Waals surface area contributed by atoms with E-state index in [1.807, 2.05) is 0 Å². The van der Waals surface area contributed by atoms with Gasteiger partial charge in [0.25, 0.3) is 0 Å². The largest absolute Gasteiger partial charge is 0.473 e. The van der Waals surface area contributed by atoms with Crippen LogP contribution in [0.4, 0.5) is 4.79 Å². The first kappa shape index (κ1) is 10.7. The van der Waals surface area contributed by atoms with E-state index >= 15 is 0 Å². The fourth-order valence-corrected chi connectivity index (χ4v) is 0.930. The van der Waals surface area contributed by atoms with Crippen LogP contribution in [0.5, 0.6) is 5.75 Å². The van der Waals surface area contributed by atoms with Crippen molar-refractivity contribution in [2.45, 2.75) is 0 Å². The average molecular weight is 215 g/mol. The summed E-state index contributed by atoms with van der Waals surface area (Å²) < 4.78 is 5.20. The number of urea groups is 1. The van der Waals surface area contributed by atoms with Crippen molar-refractivity contribution in [2.75, 3.05) is 13.8 Å². The number of nitrogens with one attached hydrogen (secondary N) is 2. The molecule has 0 bridgehead atoms. The second kappa shape index (κ2) is 5.34. The summed E-state index contributed by atoms with van der Waals surface area (Å²) >= 11 is 5.68. The summed E-state index contributed by atoms with van der Waals surface area (Å²) in [5, 5.41) is 5.55. The maximum atomic E-state index is 10.7. The van der Waals surface area contributed by atoms with Crippen LogP contribution in [-0.4, -0.2) is 19.8 Å². The highest BCUT2D eigenvalue weighted by Gasteiger charge is 1.95. The minimum Gasteiger partial charge on any atom is -0.473 e. The van der Waals surface area contributed by atoms with Crippen LogP contribution < -0.4 is 15.4 Å². The third-order valence-electron chi connectivity index (χ3n) is 1.51. The number of ether oxygens (including phenoxy) is 1. The molecule has 5 heteroatoms. The molecule has 2 amide bonds. The molecule has 0 aliphatic heterocycles. The zero-order chi connectivity index (χ0) is 10.4. The van der Waals surface area contributed by atoms with Gasteiger partial charge in [-0.05, 0) is 24.3 Å². The van der Waals surface area contributed by atoms with E-state index in [9.17, 15) is 4.79 Å². The third-order valence-corrected chi connectivity index (χ3v) is 1.76. The van der Waals surface area contributed by atoms with Crippen molar-refractivity contribution in [2.24, 2.45) is 0 Å². The lowest BCUT2D eigenvalue weighted by Crippen LogP contribution is -2.35. The maximum Gasteiger partial charge on any atom is 0.317 e. The Morgan fingerprint density at radius 2 is 2.07 bits per heavy atom. The number of hydrogen-bond donors (Lipinski definition) is 2. The van der Waals surface area contributed by atoms with Crippen LogP contribution in [0.3, 0.4) is 0 Å². The molecule has 14 heavy (non-hydrogen) atoms. The second-order valence-corrected chi connectivity index (χ2v) is 2.93. The van der Waals surface area contributed by atoms with E-state index in [1.165, 1.54) is 7.05 Å². The highest BCUT2D eigenvalue weighted by atomic mass is 35.5. The van der Waals surface area contributed by atoms with E-state index < -0.39 is 0 Å². The first-order chi connectivity index (χ1) is 6.72. The van der Waals surface area contributed by atoms with Crippen LogP contribution in [-0.2, 0) is 0 Å². The normalized spacial score (nSPS) is 9.29. The standard InChI is InChI=1S/C9H11ClN2O2/c1-11-9(13)12-6-14-8-4-2-7(10)3-5-8/h2-5H,6H2,1H3,(H2,11,12,13). The van der Waals surface area contributed by atoms with Crippen LogP contribution in [0.25, 0.3) is 0 Å². The van der Waals surface area contributed by atoms with Gasteiger partial charge in [-0.1, -0.05) is 11.6 Å². The van der Waals surface area contributed by atoms with Gasteiger partial charge < -0.3 is 15.4 Å². The van der Waals surface area contributed by atoms with Gasteiger partial charge >= 0.3 is 6.03 Å². The van der Waals surface area contributed by atoms with Crippen LogP contribution >= 0.6 is 11.6 Å². The smallest absolute Gasteiger partial charge is 0.317 e. The maximum absolute atomic E-state index is 10.7. The molecule has 0 heterocycles. The average Bonchev–Trinajstić information content (AvgIpc) is 2.21. The Kier molecular flexibility index (Phi) is 4.07. The molecule has 4 nitrogen and oxygen atoms in total. The molecule has 1 aromatic rings. The molecule has 0 saturated heterocycles. The SMILES string of the molecule is CNC(=O)NCOc1ccc(Cl)cc1. The molecule has 0 spiro atoms. The van der Waals surface area contributed by atoms with Gasteiger partial charge in [0, 0.05) is 12.1 Å². The summed E-state index contributed by atoms with van der Waals surface area (Å²) in [5.41, 5.74) is 0. The van der Waals surface area contributed by atoms with Gasteiger partial charge in [0.15, 0.2) is 6.73 Å². The fraction of sp³-hybridized carbons (Fsp3) is 0.222. The van der Waals surface area contributed by atoms with Gasteiger partial charge in [-0.2, -0.15) is 0 Å². The molecule has 2 N–H and O–H groups in total. The lowest BCUT2D eigenvalue weighted by atomic mass is 10.3. The second-order valence-electron chi connectivity index (χ2n) is 2.50. The van der Waals surface area contributed by atoms with E-state index in [4.69, 9.17) is 16.3 Å². The summed E-state index contributed by atoms with van der Waals surface area (Å²) in [7, 11) is 1.54. The molecule has 1 aromatic carbocycles. The molecule has 0 aliphatic carbocycles. The molecule has 0 fully saturated rings. The Morgan fingerprint density at radius 1 is 1.43 bits per heavy atom. The van der Waals surface area contributed by atoms with Crippen LogP contribution in [0.1, 0.15) is 0 Å². The summed E-state index contributed by atoms with van der Waals surface area (Å²) in [6, 6.07) is 6.62. The van der Waals surface area contributed by atoms with E-state index in [2.05, 4.69) is 10.6 Å². The van der Waals surface area contributed by atoms with E-state index in [-0.39, 0.29) is 12.8 Å². The number of amides is 2. The first-order valence-electron chi connectivity index (χ1n) is 4.06. The minimum absolute atomic E-state index is 0.126. The number of rotatable bonds is 3. The number of halogens is 1. The van der Waals surface area contributed by atoms with Gasteiger partial charge in [0.1, 0.15) is 5.75 Å². The summed E-state index contributed by atoms with van der Waals surface area (Å²) in [6.45, 7) is 0.126.